The molecule has 0 rings (SSSR count). The molecule has 0 aliphatic carbocycles. The summed E-state index contributed by atoms with van der Waals surface area (Å²) in [4.78, 5) is 22.2. The Morgan fingerprint density at radius 1 is 1.38 bits per heavy atom. The van der Waals surface area contributed by atoms with E-state index in [0.29, 0.717) is 13.0 Å². The van der Waals surface area contributed by atoms with E-state index in [9.17, 15) is 9.59 Å². The first-order valence-electron chi connectivity index (χ1n) is 5.67. The fourth-order valence-corrected chi connectivity index (χ4v) is 1.11. The van der Waals surface area contributed by atoms with Crippen LogP contribution in [0.4, 0.5) is 0 Å². The molecule has 2 N–H and O–H groups in total. The zero-order chi connectivity index (χ0) is 12.6. The van der Waals surface area contributed by atoms with Gasteiger partial charge in [-0.25, -0.2) is 4.79 Å². The van der Waals surface area contributed by atoms with Crippen molar-refractivity contribution >= 4 is 11.9 Å². The van der Waals surface area contributed by atoms with E-state index in [4.69, 9.17) is 9.84 Å². The van der Waals surface area contributed by atoms with E-state index in [1.807, 2.05) is 6.92 Å². The van der Waals surface area contributed by atoms with Crippen molar-refractivity contribution in [1.29, 1.82) is 0 Å². The summed E-state index contributed by atoms with van der Waals surface area (Å²) in [6, 6.07) is -0.829. The Kier molecular flexibility index (Phi) is 7.54. The second kappa shape index (κ2) is 8.10. The molecule has 0 bridgehead atoms. The minimum Gasteiger partial charge on any atom is -0.480 e. The highest BCUT2D eigenvalue weighted by molar-refractivity contribution is 5.85. The van der Waals surface area contributed by atoms with Crippen molar-refractivity contribution in [3.05, 3.63) is 0 Å². The molecule has 94 valence electrons. The average Bonchev–Trinajstić information content (AvgIpc) is 2.25. The van der Waals surface area contributed by atoms with Crippen LogP contribution in [-0.2, 0) is 14.3 Å². The number of hydrogen-bond acceptors (Lipinski definition) is 3. The molecule has 0 spiro atoms. The molecule has 0 aromatic carbocycles. The number of rotatable bonds is 8. The van der Waals surface area contributed by atoms with Gasteiger partial charge in [0.15, 0.2) is 0 Å². The smallest absolute Gasteiger partial charge is 0.326 e. The number of carboxylic acid groups (broad SMARTS) is 1. The molecule has 0 heterocycles. The maximum atomic E-state index is 11.5. The summed E-state index contributed by atoms with van der Waals surface area (Å²) in [5.74, 6) is -1.39. The highest BCUT2D eigenvalue weighted by Crippen LogP contribution is 1.98. The van der Waals surface area contributed by atoms with Gasteiger partial charge in [0.2, 0.25) is 5.91 Å². The Morgan fingerprint density at radius 3 is 2.44 bits per heavy atom. The van der Waals surface area contributed by atoms with Crippen molar-refractivity contribution < 1.29 is 19.4 Å². The Labute approximate surface area is 96.2 Å². The van der Waals surface area contributed by atoms with Gasteiger partial charge in [0.25, 0.3) is 0 Å². The summed E-state index contributed by atoms with van der Waals surface area (Å²) in [6.45, 7) is 5.89. The molecule has 0 aromatic heterocycles. The van der Waals surface area contributed by atoms with Crippen LogP contribution in [0.1, 0.15) is 40.0 Å². The third kappa shape index (κ3) is 5.70. The second-order valence-corrected chi connectivity index (χ2v) is 3.67. The predicted octanol–water partition coefficient (Wildman–Crippen LogP) is 1.17. The molecule has 0 radical (unpaired) electrons. The molecular formula is C11H21NO4. The van der Waals surface area contributed by atoms with Crippen LogP contribution in [0.2, 0.25) is 0 Å². The molecule has 2 atom stereocenters. The van der Waals surface area contributed by atoms with Gasteiger partial charge in [0.05, 0.1) is 0 Å². The Morgan fingerprint density at radius 2 is 2.00 bits per heavy atom. The van der Waals surface area contributed by atoms with Crippen LogP contribution >= 0.6 is 0 Å². The van der Waals surface area contributed by atoms with Crippen LogP contribution in [0.5, 0.6) is 0 Å². The summed E-state index contributed by atoms with van der Waals surface area (Å²) < 4.78 is 5.26. The van der Waals surface area contributed by atoms with Gasteiger partial charge in [0.1, 0.15) is 12.1 Å². The maximum absolute atomic E-state index is 11.5. The van der Waals surface area contributed by atoms with Crippen molar-refractivity contribution in [2.75, 3.05) is 6.61 Å². The average molecular weight is 231 g/mol. The predicted molar refractivity (Wildman–Crippen MR) is 60.2 cm³/mol. The molecule has 1 amide bonds. The monoisotopic (exact) mass is 231 g/mol. The normalized spacial score (nSPS) is 14.2. The van der Waals surface area contributed by atoms with E-state index in [1.54, 1.807) is 13.8 Å². The second-order valence-electron chi connectivity index (χ2n) is 3.67. The van der Waals surface area contributed by atoms with Crippen LogP contribution in [0, 0.1) is 0 Å². The van der Waals surface area contributed by atoms with E-state index in [-0.39, 0.29) is 5.91 Å². The minimum absolute atomic E-state index is 0.364. The lowest BCUT2D eigenvalue weighted by atomic mass is 10.2. The zero-order valence-corrected chi connectivity index (χ0v) is 10.2. The molecule has 0 aromatic rings. The number of carbonyl (C=O) groups is 2. The fourth-order valence-electron chi connectivity index (χ4n) is 1.11. The quantitative estimate of drug-likeness (QED) is 0.615. The Bertz CT molecular complexity index is 230. The first kappa shape index (κ1) is 14.9. The summed E-state index contributed by atoms with van der Waals surface area (Å²) in [5.41, 5.74) is 0. The number of carbonyl (C=O) groups excluding carboxylic acids is 1. The van der Waals surface area contributed by atoms with Crippen molar-refractivity contribution in [2.24, 2.45) is 0 Å². The highest BCUT2D eigenvalue weighted by Gasteiger charge is 2.21. The molecule has 0 aliphatic heterocycles. The van der Waals surface area contributed by atoms with Crippen LogP contribution in [0.15, 0.2) is 0 Å². The lowest BCUT2D eigenvalue weighted by molar-refractivity contribution is -0.144. The molecule has 0 saturated carbocycles. The number of ether oxygens (including phenoxy) is 1. The van der Waals surface area contributed by atoms with E-state index in [2.05, 4.69) is 5.32 Å². The molecular weight excluding hydrogens is 210 g/mol. The summed E-state index contributed by atoms with van der Waals surface area (Å²) in [5, 5.41) is 11.2. The van der Waals surface area contributed by atoms with E-state index in [0.717, 1.165) is 12.8 Å². The third-order valence-corrected chi connectivity index (χ3v) is 2.26. The lowest BCUT2D eigenvalue weighted by Gasteiger charge is -2.16. The van der Waals surface area contributed by atoms with Gasteiger partial charge >= 0.3 is 5.97 Å². The van der Waals surface area contributed by atoms with Gasteiger partial charge in [0, 0.05) is 6.61 Å². The highest BCUT2D eigenvalue weighted by atomic mass is 16.5. The zero-order valence-electron chi connectivity index (χ0n) is 10.2. The first-order valence-corrected chi connectivity index (χ1v) is 5.67. The summed E-state index contributed by atoms with van der Waals surface area (Å²) >= 11 is 0. The molecule has 2 unspecified atom stereocenters. The van der Waals surface area contributed by atoms with Gasteiger partial charge in [-0.05, 0) is 19.8 Å². The summed E-state index contributed by atoms with van der Waals surface area (Å²) in [6.07, 6.45) is 1.66. The van der Waals surface area contributed by atoms with E-state index in [1.165, 1.54) is 0 Å². The van der Waals surface area contributed by atoms with Gasteiger partial charge < -0.3 is 15.2 Å². The van der Waals surface area contributed by atoms with Crippen molar-refractivity contribution in [2.45, 2.75) is 52.2 Å². The SMILES string of the molecule is CCCCOC(C)C(=O)NC(CC)C(=O)O. The van der Waals surface area contributed by atoms with Crippen molar-refractivity contribution in [3.8, 4) is 0 Å². The van der Waals surface area contributed by atoms with Crippen molar-refractivity contribution in [1.82, 2.24) is 5.32 Å². The largest absolute Gasteiger partial charge is 0.480 e. The number of aliphatic carboxylic acids is 1. The van der Waals surface area contributed by atoms with Crippen LogP contribution in [0.3, 0.4) is 0 Å². The molecule has 16 heavy (non-hydrogen) atoms. The molecule has 0 fully saturated rings. The van der Waals surface area contributed by atoms with Crippen LogP contribution in [-0.4, -0.2) is 35.7 Å². The topological polar surface area (TPSA) is 75.6 Å². The minimum atomic E-state index is -1.02. The fraction of sp³-hybridized carbons (Fsp3) is 0.818. The molecule has 0 saturated heterocycles. The van der Waals surface area contributed by atoms with Crippen LogP contribution < -0.4 is 5.32 Å². The number of nitrogens with one attached hydrogen (secondary N) is 1. The molecule has 5 nitrogen and oxygen atoms in total. The first-order chi connectivity index (χ1) is 7.52. The number of amides is 1. The number of unbranched alkanes of at least 4 members (excludes halogenated alkanes) is 1. The third-order valence-electron chi connectivity index (χ3n) is 2.26. The van der Waals surface area contributed by atoms with E-state index < -0.39 is 18.1 Å². The Hall–Kier alpha value is -1.10. The number of carboxylic acids is 1. The lowest BCUT2D eigenvalue weighted by Crippen LogP contribution is -2.45. The standard InChI is InChI=1S/C11H21NO4/c1-4-6-7-16-8(3)10(13)12-9(5-2)11(14)15/h8-9H,4-7H2,1-3H3,(H,12,13)(H,14,15). The van der Waals surface area contributed by atoms with Gasteiger partial charge in [-0.3, -0.25) is 4.79 Å². The maximum Gasteiger partial charge on any atom is 0.326 e. The van der Waals surface area contributed by atoms with Gasteiger partial charge in [-0.2, -0.15) is 0 Å². The molecule has 5 heteroatoms. The van der Waals surface area contributed by atoms with Gasteiger partial charge in [-0.1, -0.05) is 20.3 Å². The summed E-state index contributed by atoms with van der Waals surface area (Å²) in [7, 11) is 0. The van der Waals surface area contributed by atoms with Crippen molar-refractivity contribution in [3.63, 3.8) is 0 Å². The van der Waals surface area contributed by atoms with Crippen LogP contribution in [0.25, 0.3) is 0 Å². The number of hydrogen-bond donors (Lipinski definition) is 2. The Balaban J connectivity index is 3.98. The van der Waals surface area contributed by atoms with Gasteiger partial charge in [-0.15, -0.1) is 0 Å². The van der Waals surface area contributed by atoms with E-state index >= 15 is 0 Å². The molecule has 0 aliphatic rings.